The van der Waals surface area contributed by atoms with Crippen molar-refractivity contribution in [3.05, 3.63) is 93.1 Å². The molecule has 0 aromatic heterocycles. The highest BCUT2D eigenvalue weighted by atomic mass is 35.5. The molecule has 3 aromatic rings. The summed E-state index contributed by atoms with van der Waals surface area (Å²) < 4.78 is 5.22. The van der Waals surface area contributed by atoms with Crippen molar-refractivity contribution in [2.75, 3.05) is 17.3 Å². The molecule has 0 unspecified atom stereocenters. The number of benzene rings is 3. The van der Waals surface area contributed by atoms with Crippen LogP contribution >= 0.6 is 11.6 Å². The van der Waals surface area contributed by atoms with Gasteiger partial charge in [-0.05, 0) is 68.7 Å². The lowest BCUT2D eigenvalue weighted by Gasteiger charge is -2.18. The van der Waals surface area contributed by atoms with E-state index in [0.717, 1.165) is 22.3 Å². The summed E-state index contributed by atoms with van der Waals surface area (Å²) in [5, 5.41) is 3.56. The van der Waals surface area contributed by atoms with Gasteiger partial charge >= 0.3 is 0 Å². The number of carbonyl (C=O) groups excluding carboxylic acids is 2. The molecule has 0 atom stereocenters. The zero-order valence-electron chi connectivity index (χ0n) is 19.2. The van der Waals surface area contributed by atoms with Crippen molar-refractivity contribution in [3.63, 3.8) is 0 Å². The molecule has 1 heterocycles. The number of hydrogen-bond acceptors (Lipinski definition) is 4. The topological polar surface area (TPSA) is 58.6 Å². The number of anilines is 2. The Hall–Kier alpha value is -3.57. The Morgan fingerprint density at radius 2 is 1.48 bits per heavy atom. The van der Waals surface area contributed by atoms with Crippen LogP contribution in [0.5, 0.6) is 5.75 Å². The van der Waals surface area contributed by atoms with Crippen molar-refractivity contribution in [2.24, 2.45) is 0 Å². The number of methoxy groups -OCH3 is 1. The van der Waals surface area contributed by atoms with Crippen LogP contribution in [0.1, 0.15) is 27.8 Å². The predicted octanol–water partition coefficient (Wildman–Crippen LogP) is 5.98. The van der Waals surface area contributed by atoms with E-state index in [1.807, 2.05) is 64.1 Å². The third kappa shape index (κ3) is 4.12. The van der Waals surface area contributed by atoms with Gasteiger partial charge in [0.2, 0.25) is 0 Å². The van der Waals surface area contributed by atoms with Crippen LogP contribution in [0.2, 0.25) is 5.02 Å². The highest BCUT2D eigenvalue weighted by Crippen LogP contribution is 2.37. The molecular weight excluding hydrogens is 436 g/mol. The van der Waals surface area contributed by atoms with E-state index in [9.17, 15) is 9.59 Å². The van der Waals surface area contributed by atoms with Crippen LogP contribution in [0, 0.1) is 27.7 Å². The fourth-order valence-corrected chi connectivity index (χ4v) is 4.41. The molecule has 6 heteroatoms. The molecule has 0 saturated carbocycles. The van der Waals surface area contributed by atoms with E-state index in [4.69, 9.17) is 16.3 Å². The first-order chi connectivity index (χ1) is 15.7. The lowest BCUT2D eigenvalue weighted by Crippen LogP contribution is -2.33. The summed E-state index contributed by atoms with van der Waals surface area (Å²) in [7, 11) is 1.54. The standard InChI is InChI=1S/C27H25ClN2O3/c1-15-6-9-20(17(3)12-15)24-25(29-19-8-11-23(33-5)21(28)14-19)27(32)30(26(24)31)22-10-7-16(2)13-18(22)4/h6-14,29H,1-5H3. The maximum absolute atomic E-state index is 13.7. The summed E-state index contributed by atoms with van der Waals surface area (Å²) in [4.78, 5) is 28.6. The number of amides is 2. The van der Waals surface area contributed by atoms with Gasteiger partial charge in [0, 0.05) is 5.69 Å². The fraction of sp³-hybridized carbons (Fsp3) is 0.185. The fourth-order valence-electron chi connectivity index (χ4n) is 4.15. The van der Waals surface area contributed by atoms with Gasteiger partial charge in [-0.3, -0.25) is 9.59 Å². The van der Waals surface area contributed by atoms with Crippen LogP contribution in [0.3, 0.4) is 0 Å². The summed E-state index contributed by atoms with van der Waals surface area (Å²) in [6, 6.07) is 16.6. The maximum Gasteiger partial charge on any atom is 0.282 e. The molecule has 3 aromatic carbocycles. The SMILES string of the molecule is COc1ccc(NC2=C(c3ccc(C)cc3C)C(=O)N(c3ccc(C)cc3C)C2=O)cc1Cl. The highest BCUT2D eigenvalue weighted by molar-refractivity contribution is 6.46. The Bertz CT molecular complexity index is 1330. The summed E-state index contributed by atoms with van der Waals surface area (Å²) in [5.74, 6) is -0.244. The summed E-state index contributed by atoms with van der Waals surface area (Å²) in [6.07, 6.45) is 0. The molecular formula is C27H25ClN2O3. The highest BCUT2D eigenvalue weighted by Gasteiger charge is 2.41. The second-order valence-corrected chi connectivity index (χ2v) is 8.69. The first kappa shape index (κ1) is 22.6. The van der Waals surface area contributed by atoms with Crippen molar-refractivity contribution >= 4 is 40.4 Å². The van der Waals surface area contributed by atoms with E-state index < -0.39 is 5.91 Å². The van der Waals surface area contributed by atoms with Crippen LogP contribution in [0.15, 0.2) is 60.3 Å². The van der Waals surface area contributed by atoms with E-state index in [1.54, 1.807) is 18.2 Å². The number of halogens is 1. The molecule has 168 valence electrons. The minimum Gasteiger partial charge on any atom is -0.495 e. The van der Waals surface area contributed by atoms with Crippen LogP contribution in [-0.4, -0.2) is 18.9 Å². The van der Waals surface area contributed by atoms with Crippen LogP contribution in [0.25, 0.3) is 5.57 Å². The first-order valence-corrected chi connectivity index (χ1v) is 11.0. The molecule has 1 aliphatic heterocycles. The van der Waals surface area contributed by atoms with E-state index >= 15 is 0 Å². The molecule has 0 bridgehead atoms. The summed E-state index contributed by atoms with van der Waals surface area (Å²) >= 11 is 6.29. The third-order valence-electron chi connectivity index (χ3n) is 5.75. The summed E-state index contributed by atoms with van der Waals surface area (Å²) in [6.45, 7) is 7.81. The molecule has 0 aliphatic carbocycles. The van der Waals surface area contributed by atoms with Crippen molar-refractivity contribution in [1.82, 2.24) is 0 Å². The molecule has 4 rings (SSSR count). The second-order valence-electron chi connectivity index (χ2n) is 8.28. The van der Waals surface area contributed by atoms with E-state index in [2.05, 4.69) is 5.32 Å². The quantitative estimate of drug-likeness (QED) is 0.476. The lowest BCUT2D eigenvalue weighted by molar-refractivity contribution is -0.120. The van der Waals surface area contributed by atoms with Crippen molar-refractivity contribution in [3.8, 4) is 5.75 Å². The monoisotopic (exact) mass is 460 g/mol. The Balaban J connectivity index is 1.86. The van der Waals surface area contributed by atoms with Crippen LogP contribution < -0.4 is 15.0 Å². The minimum absolute atomic E-state index is 0.216. The average Bonchev–Trinajstić information content (AvgIpc) is 2.98. The number of imide groups is 1. The molecule has 5 nitrogen and oxygen atoms in total. The Labute approximate surface area is 198 Å². The van der Waals surface area contributed by atoms with Gasteiger partial charge in [0.25, 0.3) is 11.8 Å². The average molecular weight is 461 g/mol. The first-order valence-electron chi connectivity index (χ1n) is 10.6. The number of rotatable bonds is 5. The van der Waals surface area contributed by atoms with Gasteiger partial charge in [-0.1, -0.05) is 53.1 Å². The van der Waals surface area contributed by atoms with E-state index in [-0.39, 0.29) is 11.6 Å². The molecule has 0 saturated heterocycles. The number of carbonyl (C=O) groups is 2. The lowest BCUT2D eigenvalue weighted by atomic mass is 9.97. The Morgan fingerprint density at radius 1 is 0.818 bits per heavy atom. The van der Waals surface area contributed by atoms with Crippen LogP contribution in [-0.2, 0) is 9.59 Å². The van der Waals surface area contributed by atoms with Gasteiger partial charge in [0.15, 0.2) is 0 Å². The Kier molecular flexibility index (Phi) is 6.00. The number of nitrogens with one attached hydrogen (secondary N) is 1. The molecule has 1 aliphatic rings. The van der Waals surface area contributed by atoms with Crippen molar-refractivity contribution in [1.29, 1.82) is 0 Å². The molecule has 0 spiro atoms. The minimum atomic E-state index is -0.408. The van der Waals surface area contributed by atoms with Gasteiger partial charge in [-0.2, -0.15) is 0 Å². The zero-order chi connectivity index (χ0) is 23.9. The zero-order valence-corrected chi connectivity index (χ0v) is 20.0. The number of ether oxygens (including phenoxy) is 1. The molecule has 0 fully saturated rings. The van der Waals surface area contributed by atoms with E-state index in [1.165, 1.54) is 12.0 Å². The molecule has 2 amide bonds. The molecule has 0 radical (unpaired) electrons. The Morgan fingerprint density at radius 3 is 2.09 bits per heavy atom. The van der Waals surface area contributed by atoms with Crippen LogP contribution in [0.4, 0.5) is 11.4 Å². The smallest absolute Gasteiger partial charge is 0.282 e. The predicted molar refractivity (Wildman–Crippen MR) is 133 cm³/mol. The van der Waals surface area contributed by atoms with Gasteiger partial charge in [-0.15, -0.1) is 0 Å². The summed E-state index contributed by atoms with van der Waals surface area (Å²) in [5.41, 5.74) is 6.33. The number of aryl methyl sites for hydroxylation is 4. The number of hydrogen-bond donors (Lipinski definition) is 1. The largest absolute Gasteiger partial charge is 0.495 e. The normalized spacial score (nSPS) is 13.7. The molecule has 1 N–H and O–H groups in total. The third-order valence-corrected chi connectivity index (χ3v) is 6.04. The van der Waals surface area contributed by atoms with Crippen molar-refractivity contribution in [2.45, 2.75) is 27.7 Å². The number of nitrogens with zero attached hydrogens (tertiary/aromatic N) is 1. The van der Waals surface area contributed by atoms with E-state index in [0.29, 0.717) is 33.3 Å². The maximum atomic E-state index is 13.7. The van der Waals surface area contributed by atoms with Gasteiger partial charge in [0.1, 0.15) is 11.4 Å². The van der Waals surface area contributed by atoms with Gasteiger partial charge in [0.05, 0.1) is 23.4 Å². The van der Waals surface area contributed by atoms with Gasteiger partial charge < -0.3 is 10.1 Å². The second kappa shape index (κ2) is 8.75. The van der Waals surface area contributed by atoms with Gasteiger partial charge in [-0.25, -0.2) is 4.90 Å². The molecule has 33 heavy (non-hydrogen) atoms. The van der Waals surface area contributed by atoms with Crippen molar-refractivity contribution < 1.29 is 14.3 Å².